The molecule has 6 heteroatoms. The van der Waals surface area contributed by atoms with Crippen LogP contribution in [-0.4, -0.2) is 38.1 Å². The molecule has 0 saturated heterocycles. The number of nitrogens with two attached hydrogens (primary N) is 2. The Bertz CT molecular complexity index is 269. The van der Waals surface area contributed by atoms with Crippen molar-refractivity contribution in [3.05, 3.63) is 50.6 Å². The van der Waals surface area contributed by atoms with Gasteiger partial charge in [0.25, 0.3) is 0 Å². The summed E-state index contributed by atoms with van der Waals surface area (Å²) in [5.74, 6) is -3.25. The third kappa shape index (κ3) is 46.2. The minimum Gasteiger partial charge on any atom is -0.550 e. The molecule has 0 bridgehead atoms. The van der Waals surface area contributed by atoms with Crippen LogP contribution in [0.15, 0.2) is 50.6 Å². The summed E-state index contributed by atoms with van der Waals surface area (Å²) in [6.07, 6.45) is 6.49. The molecule has 0 aliphatic carbocycles. The molecule has 0 unspecified atom stereocenters. The summed E-state index contributed by atoms with van der Waals surface area (Å²) < 4.78 is 0. The number of carboxylic acid groups (broad SMARTS) is 2. The van der Waals surface area contributed by atoms with Gasteiger partial charge in [0.05, 0.1) is 26.2 Å². The number of quaternary nitrogens is 2. The zero-order valence-corrected chi connectivity index (χ0v) is 12.5. The fourth-order valence-corrected chi connectivity index (χ4v) is 0.782. The van der Waals surface area contributed by atoms with Gasteiger partial charge in [0, 0.05) is 18.4 Å². The van der Waals surface area contributed by atoms with Gasteiger partial charge in [-0.1, -0.05) is 26.3 Å². The summed E-state index contributed by atoms with van der Waals surface area (Å²) in [6, 6.07) is 0. The van der Waals surface area contributed by atoms with E-state index in [4.69, 9.17) is 0 Å². The van der Waals surface area contributed by atoms with E-state index in [2.05, 4.69) is 36.9 Å². The van der Waals surface area contributed by atoms with Crippen molar-refractivity contribution in [1.82, 2.24) is 0 Å². The maximum Gasteiger partial charge on any atom is 0.0942 e. The number of carbonyl (C=O) groups excluding carboxylic acids is 2. The first kappa shape index (κ1) is 23.9. The Hall–Kier alpha value is -2.18. The first-order chi connectivity index (χ1) is 9.95. The van der Waals surface area contributed by atoms with Crippen molar-refractivity contribution in [2.75, 3.05) is 26.2 Å². The van der Waals surface area contributed by atoms with Gasteiger partial charge in [0.15, 0.2) is 0 Å². The van der Waals surface area contributed by atoms with Crippen LogP contribution in [0.4, 0.5) is 0 Å². The minimum absolute atomic E-state index is 0.992. The molecule has 0 amide bonds. The monoisotopic (exact) mass is 298 g/mol. The van der Waals surface area contributed by atoms with Crippen molar-refractivity contribution >= 4 is 11.9 Å². The smallest absolute Gasteiger partial charge is 0.0942 e. The molecule has 6 nitrogen and oxygen atoms in total. The van der Waals surface area contributed by atoms with Crippen LogP contribution in [-0.2, 0) is 9.59 Å². The second-order valence-electron chi connectivity index (χ2n) is 3.60. The fourth-order valence-electron chi connectivity index (χ4n) is 0.782. The molecule has 0 aromatic carbocycles. The van der Waals surface area contributed by atoms with Crippen molar-refractivity contribution in [2.45, 2.75) is 6.42 Å². The predicted molar refractivity (Wildman–Crippen MR) is 78.7 cm³/mol. The highest BCUT2D eigenvalue weighted by atomic mass is 16.4. The van der Waals surface area contributed by atoms with Crippen molar-refractivity contribution in [2.24, 2.45) is 0 Å². The highest BCUT2D eigenvalue weighted by Gasteiger charge is 1.81. The van der Waals surface area contributed by atoms with Gasteiger partial charge >= 0.3 is 0 Å². The predicted octanol–water partition coefficient (Wildman–Crippen LogP) is -3.28. The van der Waals surface area contributed by atoms with Gasteiger partial charge in [-0.15, -0.1) is 0 Å². The van der Waals surface area contributed by atoms with Gasteiger partial charge in [-0.3, -0.25) is 0 Å². The molecule has 0 radical (unpaired) electrons. The van der Waals surface area contributed by atoms with E-state index in [1.54, 1.807) is 0 Å². The van der Waals surface area contributed by atoms with E-state index in [1.165, 1.54) is 0 Å². The largest absolute Gasteiger partial charge is 0.550 e. The Labute approximate surface area is 126 Å². The van der Waals surface area contributed by atoms with Crippen molar-refractivity contribution < 1.29 is 30.4 Å². The van der Waals surface area contributed by atoms with Crippen LogP contribution >= 0.6 is 0 Å². The molecule has 0 aliphatic heterocycles. The quantitative estimate of drug-likeness (QED) is 0.250. The number of carboxylic acids is 2. The van der Waals surface area contributed by atoms with Gasteiger partial charge in [-0.2, -0.15) is 0 Å². The van der Waals surface area contributed by atoms with Crippen molar-refractivity contribution in [3.63, 3.8) is 0 Å². The molecule has 0 rings (SSSR count). The molecule has 0 spiro atoms. The zero-order chi connectivity index (χ0) is 16.9. The molecule has 0 aromatic heterocycles. The Morgan fingerprint density at radius 2 is 0.952 bits per heavy atom. The van der Waals surface area contributed by atoms with Crippen LogP contribution in [0.3, 0.4) is 0 Å². The summed E-state index contributed by atoms with van der Waals surface area (Å²) in [5.41, 5.74) is 0. The van der Waals surface area contributed by atoms with Crippen LogP contribution in [0, 0.1) is 0 Å². The molecule has 0 heterocycles. The third-order valence-corrected chi connectivity index (χ3v) is 1.62. The van der Waals surface area contributed by atoms with E-state index in [-0.39, 0.29) is 0 Å². The molecule has 0 aliphatic rings. The van der Waals surface area contributed by atoms with Gasteiger partial charge in [0.2, 0.25) is 0 Å². The number of rotatable bonds is 10. The Balaban J connectivity index is -0.000000231. The summed E-state index contributed by atoms with van der Waals surface area (Å²) in [4.78, 5) is 18.6. The van der Waals surface area contributed by atoms with Gasteiger partial charge < -0.3 is 30.4 Å². The lowest BCUT2D eigenvalue weighted by atomic mass is 10.5. The van der Waals surface area contributed by atoms with Crippen LogP contribution in [0.2, 0.25) is 0 Å². The van der Waals surface area contributed by atoms with Crippen LogP contribution in [0.5, 0.6) is 0 Å². The van der Waals surface area contributed by atoms with E-state index in [9.17, 15) is 19.8 Å². The molecule has 0 saturated carbocycles. The van der Waals surface area contributed by atoms with E-state index in [0.29, 0.717) is 0 Å². The Morgan fingerprint density at radius 1 is 0.714 bits per heavy atom. The molecular weight excluding hydrogens is 272 g/mol. The highest BCUT2D eigenvalue weighted by molar-refractivity contribution is 5.86. The van der Waals surface area contributed by atoms with Gasteiger partial charge in [-0.05, 0) is 24.3 Å². The van der Waals surface area contributed by atoms with Crippen LogP contribution in [0.25, 0.3) is 0 Å². The number of carbonyl (C=O) groups is 2. The maximum absolute atomic E-state index is 9.28. The standard InChI is InChI=1S/2C6H11N.C3H4O4/c2*1-3-5-7-6-4-2;4-2(5)1-3(6)7/h2*3-4,7H,1-2,5-6H2;1H2,(H,4,5)(H,6,7). The zero-order valence-electron chi connectivity index (χ0n) is 12.5. The van der Waals surface area contributed by atoms with Crippen LogP contribution in [0.1, 0.15) is 6.42 Å². The van der Waals surface area contributed by atoms with E-state index >= 15 is 0 Å². The van der Waals surface area contributed by atoms with E-state index < -0.39 is 18.4 Å². The molecular formula is C15H26N2O4. The molecule has 0 aromatic rings. The summed E-state index contributed by atoms with van der Waals surface area (Å²) >= 11 is 0. The molecule has 0 atom stereocenters. The lowest BCUT2D eigenvalue weighted by Gasteiger charge is -1.99. The van der Waals surface area contributed by atoms with Crippen molar-refractivity contribution in [3.8, 4) is 0 Å². The Morgan fingerprint density at radius 3 is 1.05 bits per heavy atom. The first-order valence-electron chi connectivity index (χ1n) is 6.42. The summed E-state index contributed by atoms with van der Waals surface area (Å²) in [6.45, 7) is 18.2. The molecule has 0 fully saturated rings. The fraction of sp³-hybridized carbons (Fsp3) is 0.333. The summed E-state index contributed by atoms with van der Waals surface area (Å²) in [5, 5.41) is 22.8. The second-order valence-corrected chi connectivity index (χ2v) is 3.60. The number of aliphatic carboxylic acids is 2. The van der Waals surface area contributed by atoms with Gasteiger partial charge in [0.1, 0.15) is 0 Å². The molecule has 4 N–H and O–H groups in total. The van der Waals surface area contributed by atoms with Crippen molar-refractivity contribution in [1.29, 1.82) is 0 Å². The third-order valence-electron chi connectivity index (χ3n) is 1.62. The second kappa shape index (κ2) is 23.0. The average molecular weight is 298 g/mol. The van der Waals surface area contributed by atoms with E-state index in [1.807, 2.05) is 24.3 Å². The maximum atomic E-state index is 9.28. The minimum atomic E-state index is -1.63. The van der Waals surface area contributed by atoms with Crippen LogP contribution < -0.4 is 20.8 Å². The van der Waals surface area contributed by atoms with E-state index in [0.717, 1.165) is 26.2 Å². The topological polar surface area (TPSA) is 113 Å². The number of hydrogen-bond donors (Lipinski definition) is 2. The highest BCUT2D eigenvalue weighted by Crippen LogP contribution is 1.66. The van der Waals surface area contributed by atoms with Gasteiger partial charge in [-0.25, -0.2) is 0 Å². The SMILES string of the molecule is C=CC[NH2+]CC=C.C=CC[NH2+]CC=C.O=C([O-])CC(=O)[O-]. The normalized spacial score (nSPS) is 8.00. The Kier molecular flexibility index (Phi) is 26.1. The number of hydrogen-bond acceptors (Lipinski definition) is 4. The lowest BCUT2D eigenvalue weighted by molar-refractivity contribution is -0.637. The summed E-state index contributed by atoms with van der Waals surface area (Å²) in [7, 11) is 0. The molecule has 21 heavy (non-hydrogen) atoms. The first-order valence-corrected chi connectivity index (χ1v) is 6.42. The lowest BCUT2D eigenvalue weighted by Crippen LogP contribution is -2.83. The molecule has 120 valence electrons. The average Bonchev–Trinajstić information content (AvgIpc) is 2.40.